The highest BCUT2D eigenvalue weighted by Crippen LogP contribution is 2.26. The predicted molar refractivity (Wildman–Crippen MR) is 113 cm³/mol. The van der Waals surface area contributed by atoms with Gasteiger partial charge >= 0.3 is 5.97 Å². The summed E-state index contributed by atoms with van der Waals surface area (Å²) >= 11 is 8.96. The standard InChI is InChI=1S/C19H16ClFN2O3S2/c20-15-9-13(5-6-16(15)21)23-17(24)10-26-18(25)14-4-2-1-3-12(14)11-28-19-22-7-8-27-19/h1-6,9H,7-8,10-11H2,(H,23,24). The second-order valence-electron chi connectivity index (χ2n) is 5.70. The summed E-state index contributed by atoms with van der Waals surface area (Å²) in [5.74, 6) is -0.121. The van der Waals surface area contributed by atoms with Gasteiger partial charge in [0.25, 0.3) is 5.91 Å². The number of anilines is 1. The molecule has 0 aliphatic carbocycles. The number of rotatable bonds is 6. The number of hydrogen-bond acceptors (Lipinski definition) is 6. The van der Waals surface area contributed by atoms with Crippen LogP contribution >= 0.6 is 35.1 Å². The Morgan fingerprint density at radius 3 is 2.86 bits per heavy atom. The number of hydrogen-bond donors (Lipinski definition) is 1. The predicted octanol–water partition coefficient (Wildman–Crippen LogP) is 4.61. The van der Waals surface area contributed by atoms with Crippen LogP contribution in [0.15, 0.2) is 47.5 Å². The number of ether oxygens (including phenoxy) is 1. The summed E-state index contributed by atoms with van der Waals surface area (Å²) in [5.41, 5.74) is 1.55. The second kappa shape index (κ2) is 9.95. The zero-order chi connectivity index (χ0) is 19.9. The van der Waals surface area contributed by atoms with Gasteiger partial charge in [-0.05, 0) is 29.8 Å². The maximum Gasteiger partial charge on any atom is 0.338 e. The summed E-state index contributed by atoms with van der Waals surface area (Å²) in [7, 11) is 0. The summed E-state index contributed by atoms with van der Waals surface area (Å²) in [6.45, 7) is 0.364. The molecule has 28 heavy (non-hydrogen) atoms. The third kappa shape index (κ3) is 5.73. The molecule has 2 aromatic rings. The van der Waals surface area contributed by atoms with E-state index in [0.29, 0.717) is 17.0 Å². The van der Waals surface area contributed by atoms with E-state index in [1.54, 1.807) is 35.7 Å². The molecular weight excluding hydrogens is 423 g/mol. The van der Waals surface area contributed by atoms with Crippen LogP contribution in [0.5, 0.6) is 0 Å². The van der Waals surface area contributed by atoms with Crippen molar-refractivity contribution in [1.82, 2.24) is 0 Å². The Labute approximate surface area is 175 Å². The van der Waals surface area contributed by atoms with Gasteiger partial charge in [0.05, 0.1) is 17.1 Å². The van der Waals surface area contributed by atoms with E-state index in [2.05, 4.69) is 10.3 Å². The molecule has 0 aromatic heterocycles. The van der Waals surface area contributed by atoms with Gasteiger partial charge in [0.1, 0.15) is 10.2 Å². The summed E-state index contributed by atoms with van der Waals surface area (Å²) in [5, 5.41) is 2.40. The normalized spacial score (nSPS) is 13.1. The van der Waals surface area contributed by atoms with E-state index in [1.165, 1.54) is 12.1 Å². The number of carbonyl (C=O) groups is 2. The van der Waals surface area contributed by atoms with E-state index in [1.807, 2.05) is 12.1 Å². The van der Waals surface area contributed by atoms with Crippen molar-refractivity contribution >= 4 is 57.1 Å². The monoisotopic (exact) mass is 438 g/mol. The van der Waals surface area contributed by atoms with Gasteiger partial charge < -0.3 is 10.1 Å². The Balaban J connectivity index is 1.55. The molecule has 2 aromatic carbocycles. The lowest BCUT2D eigenvalue weighted by Gasteiger charge is -2.10. The summed E-state index contributed by atoms with van der Waals surface area (Å²) < 4.78 is 19.3. The molecule has 0 saturated carbocycles. The minimum atomic E-state index is -0.581. The molecule has 3 rings (SSSR count). The lowest BCUT2D eigenvalue weighted by atomic mass is 10.1. The van der Waals surface area contributed by atoms with Crippen molar-refractivity contribution < 1.29 is 18.7 Å². The van der Waals surface area contributed by atoms with Crippen molar-refractivity contribution in [2.45, 2.75) is 5.75 Å². The molecule has 146 valence electrons. The van der Waals surface area contributed by atoms with Crippen LogP contribution in [-0.2, 0) is 15.3 Å². The van der Waals surface area contributed by atoms with Crippen molar-refractivity contribution in [1.29, 1.82) is 0 Å². The number of thioether (sulfide) groups is 2. The summed E-state index contributed by atoms with van der Waals surface area (Å²) in [6, 6.07) is 10.9. The molecule has 1 aliphatic rings. The summed E-state index contributed by atoms with van der Waals surface area (Å²) in [4.78, 5) is 28.8. The quantitative estimate of drug-likeness (QED) is 0.667. The number of esters is 1. The minimum Gasteiger partial charge on any atom is -0.452 e. The fraction of sp³-hybridized carbons (Fsp3) is 0.211. The molecule has 0 radical (unpaired) electrons. The third-order valence-corrected chi connectivity index (χ3v) is 6.27. The van der Waals surface area contributed by atoms with Gasteiger partial charge in [0.2, 0.25) is 0 Å². The van der Waals surface area contributed by atoms with Crippen molar-refractivity contribution in [3.05, 3.63) is 64.4 Å². The molecule has 1 aliphatic heterocycles. The van der Waals surface area contributed by atoms with Gasteiger partial charge in [-0.15, -0.1) is 0 Å². The highest BCUT2D eigenvalue weighted by Gasteiger charge is 2.16. The molecular formula is C19H16ClFN2O3S2. The smallest absolute Gasteiger partial charge is 0.338 e. The van der Waals surface area contributed by atoms with Crippen molar-refractivity contribution in [2.24, 2.45) is 4.99 Å². The SMILES string of the molecule is O=C(COC(=O)c1ccccc1CSC1=NCCS1)Nc1ccc(F)c(Cl)c1. The van der Waals surface area contributed by atoms with Gasteiger partial charge in [-0.2, -0.15) is 0 Å². The zero-order valence-electron chi connectivity index (χ0n) is 14.6. The lowest BCUT2D eigenvalue weighted by Crippen LogP contribution is -2.21. The first-order valence-electron chi connectivity index (χ1n) is 8.33. The number of nitrogens with zero attached hydrogens (tertiary/aromatic N) is 1. The van der Waals surface area contributed by atoms with E-state index in [4.69, 9.17) is 16.3 Å². The van der Waals surface area contributed by atoms with E-state index in [-0.39, 0.29) is 5.02 Å². The third-order valence-electron chi connectivity index (χ3n) is 3.68. The fourth-order valence-electron chi connectivity index (χ4n) is 2.37. The molecule has 5 nitrogen and oxygen atoms in total. The fourth-order valence-corrected chi connectivity index (χ4v) is 4.56. The molecule has 1 N–H and O–H groups in total. The van der Waals surface area contributed by atoms with Crippen LogP contribution in [0.3, 0.4) is 0 Å². The molecule has 9 heteroatoms. The van der Waals surface area contributed by atoms with Crippen LogP contribution in [-0.4, -0.2) is 35.2 Å². The maximum atomic E-state index is 13.2. The van der Waals surface area contributed by atoms with Crippen molar-refractivity contribution in [3.63, 3.8) is 0 Å². The zero-order valence-corrected chi connectivity index (χ0v) is 17.0. The number of carbonyl (C=O) groups excluding carboxylic acids is 2. The number of aliphatic imine (C=N–C) groups is 1. The average Bonchev–Trinajstić information content (AvgIpc) is 3.21. The van der Waals surface area contributed by atoms with E-state index >= 15 is 0 Å². The Hall–Kier alpha value is -2.03. The number of amides is 1. The Morgan fingerprint density at radius 1 is 1.29 bits per heavy atom. The van der Waals surface area contributed by atoms with E-state index in [0.717, 1.165) is 28.3 Å². The molecule has 0 fully saturated rings. The van der Waals surface area contributed by atoms with Crippen LogP contribution < -0.4 is 5.32 Å². The van der Waals surface area contributed by atoms with Gasteiger partial charge in [0, 0.05) is 17.2 Å². The van der Waals surface area contributed by atoms with Crippen LogP contribution in [0.1, 0.15) is 15.9 Å². The number of halogens is 2. The lowest BCUT2D eigenvalue weighted by molar-refractivity contribution is -0.119. The van der Waals surface area contributed by atoms with Gasteiger partial charge in [-0.25, -0.2) is 9.18 Å². The number of nitrogens with one attached hydrogen (secondary N) is 1. The van der Waals surface area contributed by atoms with Crippen LogP contribution in [0.25, 0.3) is 0 Å². The Kier molecular flexibility index (Phi) is 7.36. The van der Waals surface area contributed by atoms with E-state index in [9.17, 15) is 14.0 Å². The van der Waals surface area contributed by atoms with E-state index < -0.39 is 24.3 Å². The van der Waals surface area contributed by atoms with Gasteiger partial charge in [-0.1, -0.05) is 53.3 Å². The molecule has 0 unspecified atom stereocenters. The highest BCUT2D eigenvalue weighted by atomic mass is 35.5. The Bertz CT molecular complexity index is 924. The first-order chi connectivity index (χ1) is 13.5. The summed E-state index contributed by atoms with van der Waals surface area (Å²) in [6.07, 6.45) is 0. The second-order valence-corrected chi connectivity index (χ2v) is 8.41. The maximum absolute atomic E-state index is 13.2. The number of benzene rings is 2. The van der Waals surface area contributed by atoms with Gasteiger partial charge in [0.15, 0.2) is 6.61 Å². The minimum absolute atomic E-state index is 0.105. The highest BCUT2D eigenvalue weighted by molar-refractivity contribution is 8.38. The molecule has 0 bridgehead atoms. The molecule has 1 amide bonds. The molecule has 0 spiro atoms. The van der Waals surface area contributed by atoms with Crippen molar-refractivity contribution in [3.8, 4) is 0 Å². The van der Waals surface area contributed by atoms with Crippen LogP contribution in [0, 0.1) is 5.82 Å². The van der Waals surface area contributed by atoms with Gasteiger partial charge in [-0.3, -0.25) is 9.79 Å². The topological polar surface area (TPSA) is 67.8 Å². The first kappa shape index (κ1) is 20.7. The van der Waals surface area contributed by atoms with Crippen LogP contribution in [0.2, 0.25) is 5.02 Å². The largest absolute Gasteiger partial charge is 0.452 e. The van der Waals surface area contributed by atoms with Crippen molar-refractivity contribution in [2.75, 3.05) is 24.2 Å². The first-order valence-corrected chi connectivity index (χ1v) is 10.7. The molecule has 0 saturated heterocycles. The van der Waals surface area contributed by atoms with Crippen LogP contribution in [0.4, 0.5) is 10.1 Å². The molecule has 0 atom stereocenters. The average molecular weight is 439 g/mol. The Morgan fingerprint density at radius 2 is 2.11 bits per heavy atom. The molecule has 1 heterocycles.